The van der Waals surface area contributed by atoms with Gasteiger partial charge < -0.3 is 14.9 Å². The molecule has 0 amide bonds. The zero-order chi connectivity index (χ0) is 16.8. The summed E-state index contributed by atoms with van der Waals surface area (Å²) in [6.45, 7) is 1.73. The monoisotopic (exact) mass is 313 g/mol. The SMILES string of the molecule is CO/C=C(/C(=O)O)c1ccccc1C(O)/N=C(\C)C#CC1CC1. The number of carbonyl (C=O) groups is 1. The van der Waals surface area contributed by atoms with Crippen molar-refractivity contribution in [2.24, 2.45) is 10.9 Å². The minimum atomic E-state index is -1.18. The number of aliphatic hydroxyl groups is 1. The highest BCUT2D eigenvalue weighted by molar-refractivity contribution is 6.15. The third-order valence-electron chi connectivity index (χ3n) is 3.35. The van der Waals surface area contributed by atoms with Crippen LogP contribution in [0.2, 0.25) is 0 Å². The molecule has 1 saturated carbocycles. The molecule has 0 aromatic heterocycles. The standard InChI is InChI=1S/C18H19NO4/c1-12(7-8-13-9-10-13)19-17(20)15-6-4-3-5-14(15)16(11-23-2)18(21)22/h3-6,11,13,17,20H,9-10H2,1-2H3,(H,21,22)/b16-11+,19-12+. The summed E-state index contributed by atoms with van der Waals surface area (Å²) in [6.07, 6.45) is 2.20. The number of hydrogen-bond donors (Lipinski definition) is 2. The minimum absolute atomic E-state index is 0.0425. The largest absolute Gasteiger partial charge is 0.503 e. The quantitative estimate of drug-likeness (QED) is 0.379. The molecule has 2 N–H and O–H groups in total. The van der Waals surface area contributed by atoms with Crippen LogP contribution in [0.25, 0.3) is 5.57 Å². The summed E-state index contributed by atoms with van der Waals surface area (Å²) in [5.74, 6) is 5.31. The van der Waals surface area contributed by atoms with E-state index in [2.05, 4.69) is 16.8 Å². The molecule has 2 rings (SSSR count). The highest BCUT2D eigenvalue weighted by Gasteiger charge is 2.19. The molecule has 0 spiro atoms. The second kappa shape index (κ2) is 7.61. The maximum absolute atomic E-state index is 11.4. The summed E-state index contributed by atoms with van der Waals surface area (Å²) in [5.41, 5.74) is 1.23. The van der Waals surface area contributed by atoms with E-state index in [1.807, 2.05) is 0 Å². The zero-order valence-corrected chi connectivity index (χ0v) is 13.1. The third-order valence-corrected chi connectivity index (χ3v) is 3.35. The highest BCUT2D eigenvalue weighted by atomic mass is 16.5. The van der Waals surface area contributed by atoms with Crippen LogP contribution in [-0.2, 0) is 9.53 Å². The molecule has 23 heavy (non-hydrogen) atoms. The molecule has 120 valence electrons. The van der Waals surface area contributed by atoms with Crippen LogP contribution >= 0.6 is 0 Å². The lowest BCUT2D eigenvalue weighted by atomic mass is 9.99. The van der Waals surface area contributed by atoms with E-state index in [0.29, 0.717) is 22.8 Å². The van der Waals surface area contributed by atoms with E-state index in [1.165, 1.54) is 7.11 Å². The smallest absolute Gasteiger partial charge is 0.339 e. The van der Waals surface area contributed by atoms with Crippen LogP contribution in [0, 0.1) is 17.8 Å². The van der Waals surface area contributed by atoms with Gasteiger partial charge in [-0.15, -0.1) is 0 Å². The number of carboxylic acid groups (broad SMARTS) is 1. The first-order valence-electron chi connectivity index (χ1n) is 7.32. The summed E-state index contributed by atoms with van der Waals surface area (Å²) in [6, 6.07) is 6.66. The van der Waals surface area contributed by atoms with E-state index in [0.717, 1.165) is 19.1 Å². The fourth-order valence-electron chi connectivity index (χ4n) is 2.03. The topological polar surface area (TPSA) is 79.1 Å². The summed E-state index contributed by atoms with van der Waals surface area (Å²) in [5, 5.41) is 19.6. The molecule has 1 fully saturated rings. The molecule has 1 aromatic rings. The summed E-state index contributed by atoms with van der Waals surface area (Å²) in [7, 11) is 1.37. The van der Waals surface area contributed by atoms with Gasteiger partial charge in [0.15, 0.2) is 6.23 Å². The molecule has 1 aliphatic carbocycles. The van der Waals surface area contributed by atoms with Gasteiger partial charge in [0.05, 0.1) is 19.1 Å². The van der Waals surface area contributed by atoms with Gasteiger partial charge in [0.2, 0.25) is 0 Å². The molecule has 1 unspecified atom stereocenters. The molecule has 0 saturated heterocycles. The molecule has 0 aliphatic heterocycles. The van der Waals surface area contributed by atoms with E-state index in [-0.39, 0.29) is 5.57 Å². The van der Waals surface area contributed by atoms with Gasteiger partial charge in [0.25, 0.3) is 0 Å². The van der Waals surface area contributed by atoms with Crippen LogP contribution in [0.4, 0.5) is 0 Å². The molecule has 1 aromatic carbocycles. The van der Waals surface area contributed by atoms with Crippen LogP contribution in [0.1, 0.15) is 37.1 Å². The van der Waals surface area contributed by atoms with E-state index < -0.39 is 12.2 Å². The van der Waals surface area contributed by atoms with Crippen LogP contribution in [0.15, 0.2) is 35.5 Å². The Bertz CT molecular complexity index is 705. The van der Waals surface area contributed by atoms with Crippen molar-refractivity contribution in [1.82, 2.24) is 0 Å². The summed E-state index contributed by atoms with van der Waals surface area (Å²) in [4.78, 5) is 15.5. The van der Waals surface area contributed by atoms with Crippen molar-refractivity contribution >= 4 is 17.3 Å². The van der Waals surface area contributed by atoms with Crippen molar-refractivity contribution in [2.75, 3.05) is 7.11 Å². The first-order valence-corrected chi connectivity index (χ1v) is 7.32. The molecule has 0 bridgehead atoms. The lowest BCUT2D eigenvalue weighted by Crippen LogP contribution is -2.07. The Morgan fingerprint density at radius 1 is 1.43 bits per heavy atom. The Kier molecular flexibility index (Phi) is 5.56. The Balaban J connectivity index is 2.32. The maximum atomic E-state index is 11.4. The van der Waals surface area contributed by atoms with E-state index in [1.54, 1.807) is 31.2 Å². The van der Waals surface area contributed by atoms with Crippen molar-refractivity contribution in [3.05, 3.63) is 41.7 Å². The second-order valence-electron chi connectivity index (χ2n) is 5.29. The Hall–Kier alpha value is -2.58. The Labute approximate surface area is 135 Å². The predicted molar refractivity (Wildman–Crippen MR) is 87.6 cm³/mol. The average Bonchev–Trinajstić information content (AvgIpc) is 3.34. The number of aliphatic hydroxyl groups excluding tert-OH is 1. The fraction of sp³-hybridized carbons (Fsp3) is 0.333. The van der Waals surface area contributed by atoms with E-state index >= 15 is 0 Å². The molecular formula is C18H19NO4. The molecule has 1 atom stereocenters. The zero-order valence-electron chi connectivity index (χ0n) is 13.1. The predicted octanol–water partition coefficient (Wildman–Crippen LogP) is 2.62. The molecule has 0 heterocycles. The number of methoxy groups -OCH3 is 1. The Morgan fingerprint density at radius 3 is 2.74 bits per heavy atom. The lowest BCUT2D eigenvalue weighted by molar-refractivity contribution is -0.130. The van der Waals surface area contributed by atoms with Gasteiger partial charge in [-0.1, -0.05) is 36.1 Å². The van der Waals surface area contributed by atoms with Crippen LogP contribution in [0.5, 0.6) is 0 Å². The van der Waals surface area contributed by atoms with Crippen molar-refractivity contribution in [3.63, 3.8) is 0 Å². The number of nitrogens with zero attached hydrogens (tertiary/aromatic N) is 1. The number of rotatable bonds is 5. The van der Waals surface area contributed by atoms with Crippen molar-refractivity contribution in [2.45, 2.75) is 26.0 Å². The fourth-order valence-corrected chi connectivity index (χ4v) is 2.03. The normalized spacial score (nSPS) is 16.3. The van der Waals surface area contributed by atoms with E-state index in [9.17, 15) is 15.0 Å². The summed E-state index contributed by atoms with van der Waals surface area (Å²) >= 11 is 0. The van der Waals surface area contributed by atoms with Gasteiger partial charge in [-0.25, -0.2) is 9.79 Å². The summed E-state index contributed by atoms with van der Waals surface area (Å²) < 4.78 is 4.82. The molecule has 0 radical (unpaired) electrons. The number of aliphatic carboxylic acids is 1. The van der Waals surface area contributed by atoms with Gasteiger partial charge in [0, 0.05) is 11.5 Å². The highest BCUT2D eigenvalue weighted by Crippen LogP contribution is 2.28. The lowest BCUT2D eigenvalue weighted by Gasteiger charge is -2.13. The van der Waals surface area contributed by atoms with Gasteiger partial charge in [-0.3, -0.25) is 0 Å². The number of ether oxygens (including phenoxy) is 1. The van der Waals surface area contributed by atoms with Crippen LogP contribution < -0.4 is 0 Å². The first kappa shape index (κ1) is 16.8. The molecule has 1 aliphatic rings. The Morgan fingerprint density at radius 2 is 2.13 bits per heavy atom. The van der Waals surface area contributed by atoms with Crippen LogP contribution in [-0.4, -0.2) is 29.0 Å². The van der Waals surface area contributed by atoms with Gasteiger partial charge in [-0.05, 0) is 25.3 Å². The van der Waals surface area contributed by atoms with Crippen molar-refractivity contribution in [1.29, 1.82) is 0 Å². The number of aliphatic imine (C=N–C) groups is 1. The van der Waals surface area contributed by atoms with Crippen molar-refractivity contribution in [3.8, 4) is 11.8 Å². The number of hydrogen-bond acceptors (Lipinski definition) is 4. The number of benzene rings is 1. The minimum Gasteiger partial charge on any atom is -0.503 e. The molecule has 5 heteroatoms. The maximum Gasteiger partial charge on any atom is 0.339 e. The average molecular weight is 313 g/mol. The number of carboxylic acids is 1. The van der Waals surface area contributed by atoms with Gasteiger partial charge in [0.1, 0.15) is 5.57 Å². The molecule has 5 nitrogen and oxygen atoms in total. The molecular weight excluding hydrogens is 294 g/mol. The van der Waals surface area contributed by atoms with Crippen molar-refractivity contribution < 1.29 is 19.7 Å². The van der Waals surface area contributed by atoms with Gasteiger partial charge >= 0.3 is 5.97 Å². The third kappa shape index (κ3) is 4.70. The van der Waals surface area contributed by atoms with E-state index in [4.69, 9.17) is 4.74 Å². The van der Waals surface area contributed by atoms with Crippen LogP contribution in [0.3, 0.4) is 0 Å². The van der Waals surface area contributed by atoms with Gasteiger partial charge in [-0.2, -0.15) is 0 Å². The second-order valence-corrected chi connectivity index (χ2v) is 5.29. The first-order chi connectivity index (χ1) is 11.0.